The Morgan fingerprint density at radius 2 is 2.07 bits per heavy atom. The molecule has 4 nitrogen and oxygen atoms in total. The average molecular weight is 212 g/mol. The van der Waals surface area contributed by atoms with E-state index in [4.69, 9.17) is 5.84 Å². The predicted octanol–water partition coefficient (Wildman–Crippen LogP) is 0.710. The number of alkyl halides is 3. The summed E-state index contributed by atoms with van der Waals surface area (Å²) < 4.78 is 35.9. The van der Waals surface area contributed by atoms with E-state index in [-0.39, 0.29) is 5.96 Å². The van der Waals surface area contributed by atoms with Gasteiger partial charge in [-0.3, -0.25) is 10.4 Å². The van der Waals surface area contributed by atoms with Crippen molar-refractivity contribution >= 4 is 5.96 Å². The van der Waals surface area contributed by atoms with E-state index < -0.39 is 12.7 Å². The van der Waals surface area contributed by atoms with E-state index in [1.54, 1.807) is 0 Å². The highest BCUT2D eigenvalue weighted by atomic mass is 19.4. The first-order valence-corrected chi connectivity index (χ1v) is 4.19. The number of rotatable bonds is 3. The fourth-order valence-corrected chi connectivity index (χ4v) is 0.838. The molecule has 0 aromatic heterocycles. The van der Waals surface area contributed by atoms with E-state index >= 15 is 0 Å². The first-order valence-electron chi connectivity index (χ1n) is 4.19. The molecule has 14 heavy (non-hydrogen) atoms. The van der Waals surface area contributed by atoms with Crippen LogP contribution in [0.15, 0.2) is 4.99 Å². The summed E-state index contributed by atoms with van der Waals surface area (Å²) in [5.41, 5.74) is 2.14. The highest BCUT2D eigenvalue weighted by molar-refractivity contribution is 5.79. The molecule has 0 atom stereocenters. The van der Waals surface area contributed by atoms with E-state index in [2.05, 4.69) is 10.4 Å². The molecular formula is C7H15F3N4. The molecule has 0 aromatic rings. The van der Waals surface area contributed by atoms with Crippen LogP contribution in [0.25, 0.3) is 0 Å². The summed E-state index contributed by atoms with van der Waals surface area (Å²) in [5, 5.41) is 0. The molecule has 0 amide bonds. The molecule has 0 bridgehead atoms. The fraction of sp³-hybridized carbons (Fsp3) is 0.857. The van der Waals surface area contributed by atoms with E-state index in [9.17, 15) is 13.2 Å². The largest absolute Gasteiger partial charge is 0.406 e. The van der Waals surface area contributed by atoms with Crippen LogP contribution in [-0.2, 0) is 0 Å². The number of nitrogens with zero attached hydrogens (tertiary/aromatic N) is 2. The van der Waals surface area contributed by atoms with Gasteiger partial charge in [-0.15, -0.1) is 0 Å². The summed E-state index contributed by atoms with van der Waals surface area (Å²) in [4.78, 5) is 4.78. The van der Waals surface area contributed by atoms with Gasteiger partial charge in [0.25, 0.3) is 0 Å². The van der Waals surface area contributed by atoms with Crippen molar-refractivity contribution in [3.05, 3.63) is 0 Å². The number of hydrogen-bond acceptors (Lipinski definition) is 2. The minimum atomic E-state index is -4.25. The lowest BCUT2D eigenvalue weighted by Crippen LogP contribution is -2.46. The van der Waals surface area contributed by atoms with Crippen molar-refractivity contribution in [3.63, 3.8) is 0 Å². The Labute approximate surface area is 80.9 Å². The Morgan fingerprint density at radius 3 is 2.43 bits per heavy atom. The summed E-state index contributed by atoms with van der Waals surface area (Å²) in [6.45, 7) is 1.25. The summed E-state index contributed by atoms with van der Waals surface area (Å²) in [6, 6.07) is 0. The summed E-state index contributed by atoms with van der Waals surface area (Å²) in [7, 11) is 1.28. The Morgan fingerprint density at radius 1 is 1.50 bits per heavy atom. The van der Waals surface area contributed by atoms with Crippen LogP contribution in [0.1, 0.15) is 13.3 Å². The zero-order chi connectivity index (χ0) is 11.2. The van der Waals surface area contributed by atoms with Crippen molar-refractivity contribution in [2.75, 3.05) is 20.1 Å². The Hall–Kier alpha value is -0.980. The van der Waals surface area contributed by atoms with Crippen LogP contribution >= 0.6 is 0 Å². The van der Waals surface area contributed by atoms with Crippen molar-refractivity contribution in [2.24, 2.45) is 10.8 Å². The van der Waals surface area contributed by atoms with Crippen molar-refractivity contribution in [3.8, 4) is 0 Å². The molecule has 0 fully saturated rings. The third kappa shape index (κ3) is 5.63. The lowest BCUT2D eigenvalue weighted by Gasteiger charge is -2.21. The lowest BCUT2D eigenvalue weighted by molar-refractivity contribution is -0.136. The summed E-state index contributed by atoms with van der Waals surface area (Å²) in [5.74, 6) is 5.09. The van der Waals surface area contributed by atoms with Gasteiger partial charge in [0.1, 0.15) is 6.54 Å². The molecular weight excluding hydrogens is 197 g/mol. The second-order valence-corrected chi connectivity index (χ2v) is 2.82. The van der Waals surface area contributed by atoms with Crippen LogP contribution in [-0.4, -0.2) is 37.2 Å². The fourth-order valence-electron chi connectivity index (χ4n) is 0.838. The molecule has 0 unspecified atom stereocenters. The molecule has 0 radical (unpaired) electrons. The summed E-state index contributed by atoms with van der Waals surface area (Å²) in [6.07, 6.45) is -3.50. The van der Waals surface area contributed by atoms with Crippen molar-refractivity contribution in [2.45, 2.75) is 19.5 Å². The van der Waals surface area contributed by atoms with Crippen LogP contribution in [0.5, 0.6) is 0 Å². The van der Waals surface area contributed by atoms with Crippen molar-refractivity contribution < 1.29 is 13.2 Å². The second-order valence-electron chi connectivity index (χ2n) is 2.82. The molecule has 0 rings (SSSR count). The average Bonchev–Trinajstić information content (AvgIpc) is 2.02. The third-order valence-electron chi connectivity index (χ3n) is 1.39. The van der Waals surface area contributed by atoms with Gasteiger partial charge >= 0.3 is 6.18 Å². The second kappa shape index (κ2) is 5.69. The molecule has 84 valence electrons. The maximum Gasteiger partial charge on any atom is 0.406 e. The first-order chi connectivity index (χ1) is 6.40. The minimum absolute atomic E-state index is 0.0455. The molecule has 0 saturated heterocycles. The number of hydrogen-bond donors (Lipinski definition) is 2. The van der Waals surface area contributed by atoms with E-state index in [0.717, 1.165) is 11.3 Å². The molecule has 7 heteroatoms. The molecule has 0 aliphatic heterocycles. The first kappa shape index (κ1) is 13.0. The van der Waals surface area contributed by atoms with Gasteiger partial charge in [-0.2, -0.15) is 13.2 Å². The number of halogens is 3. The zero-order valence-electron chi connectivity index (χ0n) is 8.23. The van der Waals surface area contributed by atoms with Crippen molar-refractivity contribution in [1.82, 2.24) is 10.3 Å². The quantitative estimate of drug-likeness (QED) is 0.313. The Bertz CT molecular complexity index is 190. The standard InChI is InChI=1S/C7H15F3N4/c1-3-4-12-6(13-11)14(2)5-7(8,9)10/h3-5,11H2,1-2H3,(H,12,13). The number of hydrazine groups is 1. The van der Waals surface area contributed by atoms with Crippen LogP contribution in [0.3, 0.4) is 0 Å². The van der Waals surface area contributed by atoms with E-state index in [1.165, 1.54) is 7.05 Å². The maximum absolute atomic E-state index is 12.0. The Balaban J connectivity index is 4.24. The monoisotopic (exact) mass is 212 g/mol. The van der Waals surface area contributed by atoms with Gasteiger partial charge < -0.3 is 4.90 Å². The van der Waals surface area contributed by atoms with Crippen LogP contribution < -0.4 is 11.3 Å². The Kier molecular flexibility index (Phi) is 5.29. The molecule has 3 N–H and O–H groups in total. The minimum Gasteiger partial charge on any atom is -0.336 e. The number of guanidine groups is 1. The maximum atomic E-state index is 12.0. The van der Waals surface area contributed by atoms with Gasteiger partial charge in [-0.25, -0.2) is 5.84 Å². The van der Waals surface area contributed by atoms with Crippen LogP contribution in [0.4, 0.5) is 13.2 Å². The predicted molar refractivity (Wildman–Crippen MR) is 48.6 cm³/mol. The lowest BCUT2D eigenvalue weighted by atomic mass is 10.5. The smallest absolute Gasteiger partial charge is 0.336 e. The third-order valence-corrected chi connectivity index (χ3v) is 1.39. The number of nitrogens with one attached hydrogen (secondary N) is 1. The molecule has 0 saturated carbocycles. The molecule has 0 aliphatic rings. The zero-order valence-corrected chi connectivity index (χ0v) is 8.23. The number of aliphatic imine (C=N–C) groups is 1. The van der Waals surface area contributed by atoms with Crippen LogP contribution in [0.2, 0.25) is 0 Å². The van der Waals surface area contributed by atoms with Gasteiger partial charge in [-0.1, -0.05) is 6.92 Å². The molecule has 0 aromatic carbocycles. The van der Waals surface area contributed by atoms with Crippen molar-refractivity contribution in [1.29, 1.82) is 0 Å². The molecule has 0 aliphatic carbocycles. The number of nitrogens with two attached hydrogens (primary N) is 1. The highest BCUT2D eigenvalue weighted by Gasteiger charge is 2.30. The van der Waals surface area contributed by atoms with E-state index in [0.29, 0.717) is 6.54 Å². The SMILES string of the molecule is CCCN=C(NN)N(C)CC(F)(F)F. The van der Waals surface area contributed by atoms with Crippen LogP contribution in [0, 0.1) is 0 Å². The van der Waals surface area contributed by atoms with Gasteiger partial charge in [0.05, 0.1) is 0 Å². The normalized spacial score (nSPS) is 12.9. The van der Waals surface area contributed by atoms with Gasteiger partial charge in [0.2, 0.25) is 5.96 Å². The van der Waals surface area contributed by atoms with E-state index in [1.807, 2.05) is 6.92 Å². The summed E-state index contributed by atoms with van der Waals surface area (Å²) >= 11 is 0. The highest BCUT2D eigenvalue weighted by Crippen LogP contribution is 2.15. The van der Waals surface area contributed by atoms with Gasteiger partial charge in [0.15, 0.2) is 0 Å². The molecule has 0 heterocycles. The topological polar surface area (TPSA) is 53.6 Å². The van der Waals surface area contributed by atoms with Gasteiger partial charge in [-0.05, 0) is 6.42 Å². The molecule has 0 spiro atoms. The van der Waals surface area contributed by atoms with Gasteiger partial charge in [0, 0.05) is 13.6 Å².